The Morgan fingerprint density at radius 2 is 1.82 bits per heavy atom. The van der Waals surface area contributed by atoms with Crippen LogP contribution in [-0.2, 0) is 4.74 Å². The minimum Gasteiger partial charge on any atom is -0.378 e. The zero-order chi connectivity index (χ0) is 10.8. The first-order valence-corrected chi connectivity index (χ1v) is 5.54. The Balaban J connectivity index is 0.00000128. The van der Waals surface area contributed by atoms with Gasteiger partial charge in [0.05, 0.1) is 6.61 Å². The van der Waals surface area contributed by atoms with Crippen LogP contribution in [0.2, 0.25) is 0 Å². The molecule has 104 valence electrons. The van der Waals surface area contributed by atoms with E-state index in [0.717, 1.165) is 0 Å². The molecule has 0 bridgehead atoms. The monoisotopic (exact) mass is 292 g/mol. The predicted molar refractivity (Wildman–Crippen MR) is 67.7 cm³/mol. The van der Waals surface area contributed by atoms with Gasteiger partial charge in [0.2, 0.25) is 0 Å². The average Bonchev–Trinajstić information content (AvgIpc) is 2.23. The molecule has 0 aromatic heterocycles. The molecule has 4 atom stereocenters. The molecule has 17 heavy (non-hydrogen) atoms. The highest BCUT2D eigenvalue weighted by Crippen LogP contribution is 2.22. The number of hydrogen-bond donors (Lipinski definition) is 1. The van der Waals surface area contributed by atoms with Crippen molar-refractivity contribution < 1.29 is 13.5 Å². The van der Waals surface area contributed by atoms with Gasteiger partial charge in [0.15, 0.2) is 0 Å². The molecule has 2 saturated heterocycles. The van der Waals surface area contributed by atoms with E-state index < -0.39 is 12.3 Å². The first-order chi connectivity index (χ1) is 7.18. The lowest BCUT2D eigenvalue weighted by Gasteiger charge is -2.41. The van der Waals surface area contributed by atoms with E-state index >= 15 is 0 Å². The summed E-state index contributed by atoms with van der Waals surface area (Å²) in [6.07, 6.45) is -0.733. The lowest BCUT2D eigenvalue weighted by molar-refractivity contribution is -0.0434. The number of nitrogens with zero attached hydrogens (tertiary/aromatic N) is 1. The second-order valence-electron chi connectivity index (χ2n) is 4.41. The Hall–Kier alpha value is 0.320. The van der Waals surface area contributed by atoms with Crippen molar-refractivity contribution in [2.45, 2.75) is 37.3 Å². The van der Waals surface area contributed by atoms with Crippen molar-refractivity contribution in [3.63, 3.8) is 0 Å². The molecule has 0 saturated carbocycles. The van der Waals surface area contributed by atoms with E-state index in [0.29, 0.717) is 26.0 Å². The van der Waals surface area contributed by atoms with Gasteiger partial charge in [-0.2, -0.15) is 0 Å². The zero-order valence-electron chi connectivity index (χ0n) is 9.56. The molecule has 2 heterocycles. The fourth-order valence-corrected chi connectivity index (χ4v) is 2.35. The van der Waals surface area contributed by atoms with E-state index in [1.165, 1.54) is 0 Å². The summed E-state index contributed by atoms with van der Waals surface area (Å²) >= 11 is 0. The van der Waals surface area contributed by atoms with Crippen LogP contribution in [0.5, 0.6) is 0 Å². The second-order valence-corrected chi connectivity index (χ2v) is 4.41. The highest BCUT2D eigenvalue weighted by molar-refractivity contribution is 5.85. The van der Waals surface area contributed by atoms with Crippen LogP contribution >= 0.6 is 24.8 Å². The third kappa shape index (κ3) is 4.17. The summed E-state index contributed by atoms with van der Waals surface area (Å²) in [5.41, 5.74) is 5.58. The molecule has 3 nitrogen and oxygen atoms in total. The fraction of sp³-hybridized carbons (Fsp3) is 1.00. The second kappa shape index (κ2) is 7.69. The van der Waals surface area contributed by atoms with Gasteiger partial charge < -0.3 is 10.5 Å². The van der Waals surface area contributed by atoms with E-state index in [4.69, 9.17) is 10.5 Å². The maximum absolute atomic E-state index is 13.5. The summed E-state index contributed by atoms with van der Waals surface area (Å²) in [5.74, 6) is 0. The molecule has 2 N–H and O–H groups in total. The van der Waals surface area contributed by atoms with Crippen molar-refractivity contribution in [1.29, 1.82) is 0 Å². The van der Waals surface area contributed by atoms with Gasteiger partial charge in [-0.3, -0.25) is 4.90 Å². The van der Waals surface area contributed by atoms with E-state index in [-0.39, 0.29) is 50.0 Å². The third-order valence-corrected chi connectivity index (χ3v) is 3.34. The van der Waals surface area contributed by atoms with Gasteiger partial charge in [0, 0.05) is 31.8 Å². The van der Waals surface area contributed by atoms with Crippen LogP contribution in [0, 0.1) is 0 Å². The van der Waals surface area contributed by atoms with Crippen molar-refractivity contribution in [3.05, 3.63) is 0 Å². The summed E-state index contributed by atoms with van der Waals surface area (Å²) < 4.78 is 32.0. The molecular formula is C10H20Cl2F2N2O. The number of nitrogens with two attached hydrogens (primary N) is 1. The minimum absolute atomic E-state index is 0. The lowest BCUT2D eigenvalue weighted by atomic mass is 9.98. The summed E-state index contributed by atoms with van der Waals surface area (Å²) in [7, 11) is 0. The molecule has 0 aromatic carbocycles. The Bertz CT molecular complexity index is 226. The Labute approximate surface area is 113 Å². The molecule has 0 aliphatic carbocycles. The largest absolute Gasteiger partial charge is 0.378 e. The van der Waals surface area contributed by atoms with Crippen molar-refractivity contribution in [2.24, 2.45) is 5.73 Å². The number of piperidine rings is 1. The van der Waals surface area contributed by atoms with Crippen LogP contribution in [0.1, 0.15) is 12.8 Å². The highest BCUT2D eigenvalue weighted by atomic mass is 35.5. The zero-order valence-corrected chi connectivity index (χ0v) is 11.2. The number of rotatable bonds is 1. The summed E-state index contributed by atoms with van der Waals surface area (Å²) in [6, 6.07) is -0.552. The van der Waals surface area contributed by atoms with E-state index in [1.807, 2.05) is 4.90 Å². The maximum Gasteiger partial charge on any atom is 0.139 e. The highest BCUT2D eigenvalue weighted by Gasteiger charge is 2.35. The van der Waals surface area contributed by atoms with Gasteiger partial charge in [0.25, 0.3) is 0 Å². The quantitative estimate of drug-likeness (QED) is 0.792. The molecule has 0 amide bonds. The number of alkyl halides is 2. The minimum atomic E-state index is -1.02. The van der Waals surface area contributed by atoms with Crippen LogP contribution in [0.3, 0.4) is 0 Å². The SMILES string of the molecule is Cl.Cl.NC1CCN(C2CCOCC2F)CC1F. The third-order valence-electron chi connectivity index (χ3n) is 3.34. The first kappa shape index (κ1) is 17.3. The average molecular weight is 293 g/mol. The predicted octanol–water partition coefficient (Wildman–Crippen LogP) is 1.33. The van der Waals surface area contributed by atoms with Gasteiger partial charge in [-0.15, -0.1) is 24.8 Å². The van der Waals surface area contributed by atoms with Crippen molar-refractivity contribution in [1.82, 2.24) is 4.90 Å². The fourth-order valence-electron chi connectivity index (χ4n) is 2.35. The Morgan fingerprint density at radius 3 is 2.41 bits per heavy atom. The summed E-state index contributed by atoms with van der Waals surface area (Å²) in [4.78, 5) is 1.89. The van der Waals surface area contributed by atoms with Gasteiger partial charge in [-0.05, 0) is 12.8 Å². The molecule has 2 fully saturated rings. The molecule has 4 unspecified atom stereocenters. The van der Waals surface area contributed by atoms with Gasteiger partial charge in [-0.25, -0.2) is 8.78 Å². The van der Waals surface area contributed by atoms with E-state index in [2.05, 4.69) is 0 Å². The molecule has 2 aliphatic heterocycles. The number of likely N-dealkylation sites (tertiary alicyclic amines) is 1. The van der Waals surface area contributed by atoms with Gasteiger partial charge >= 0.3 is 0 Å². The molecule has 2 rings (SSSR count). The van der Waals surface area contributed by atoms with Crippen molar-refractivity contribution >= 4 is 24.8 Å². The van der Waals surface area contributed by atoms with E-state index in [1.54, 1.807) is 0 Å². The molecule has 7 heteroatoms. The van der Waals surface area contributed by atoms with Crippen LogP contribution in [0.25, 0.3) is 0 Å². The molecule has 0 aromatic rings. The molecular weight excluding hydrogens is 273 g/mol. The summed E-state index contributed by atoms with van der Waals surface area (Å²) in [6.45, 7) is 1.69. The topological polar surface area (TPSA) is 38.5 Å². The maximum atomic E-state index is 13.5. The van der Waals surface area contributed by atoms with Crippen LogP contribution in [-0.4, -0.2) is 55.6 Å². The van der Waals surface area contributed by atoms with Crippen LogP contribution in [0.4, 0.5) is 8.78 Å². The van der Waals surface area contributed by atoms with Gasteiger partial charge in [-0.1, -0.05) is 0 Å². The lowest BCUT2D eigenvalue weighted by Crippen LogP contribution is -2.56. The normalized spacial score (nSPS) is 39.0. The molecule has 0 radical (unpaired) electrons. The first-order valence-electron chi connectivity index (χ1n) is 5.54. The molecule has 0 spiro atoms. The summed E-state index contributed by atoms with van der Waals surface area (Å²) in [5, 5.41) is 0. The van der Waals surface area contributed by atoms with Gasteiger partial charge in [0.1, 0.15) is 12.3 Å². The van der Waals surface area contributed by atoms with Crippen molar-refractivity contribution in [3.8, 4) is 0 Å². The van der Waals surface area contributed by atoms with Crippen LogP contribution < -0.4 is 5.73 Å². The van der Waals surface area contributed by atoms with Crippen LogP contribution in [0.15, 0.2) is 0 Å². The standard InChI is InChI=1S/C10H18F2N2O.2ClH/c11-7-5-14(3-1-9(7)13)10-2-4-15-6-8(10)12;;/h7-10H,1-6,13H2;2*1H. The molecule has 2 aliphatic rings. The Kier molecular flexibility index (Phi) is 7.83. The van der Waals surface area contributed by atoms with Crippen molar-refractivity contribution in [2.75, 3.05) is 26.3 Å². The number of ether oxygens (including phenoxy) is 1. The number of halogens is 4. The smallest absolute Gasteiger partial charge is 0.139 e. The van der Waals surface area contributed by atoms with E-state index in [9.17, 15) is 8.78 Å². The Morgan fingerprint density at radius 1 is 1.12 bits per heavy atom. The number of hydrogen-bond acceptors (Lipinski definition) is 3.